The summed E-state index contributed by atoms with van der Waals surface area (Å²) >= 11 is 0. The van der Waals surface area contributed by atoms with Crippen molar-refractivity contribution in [3.05, 3.63) is 71.5 Å². The van der Waals surface area contributed by atoms with Crippen LogP contribution >= 0.6 is 0 Å². The molecule has 1 amide bonds. The van der Waals surface area contributed by atoms with E-state index in [-0.39, 0.29) is 11.7 Å². The van der Waals surface area contributed by atoms with E-state index in [4.69, 9.17) is 9.47 Å². The molecule has 0 aliphatic carbocycles. The summed E-state index contributed by atoms with van der Waals surface area (Å²) in [7, 11) is 1.52. The van der Waals surface area contributed by atoms with Crippen LogP contribution in [-0.2, 0) is 19.8 Å². The molecule has 0 bridgehead atoms. The maximum atomic E-state index is 13.3. The summed E-state index contributed by atoms with van der Waals surface area (Å²) in [4.78, 5) is 12.9. The fraction of sp³-hybridized carbons (Fsp3) is 0.350. The molecule has 1 unspecified atom stereocenters. The summed E-state index contributed by atoms with van der Waals surface area (Å²) < 4.78 is 24.2. The van der Waals surface area contributed by atoms with Crippen molar-refractivity contribution in [2.75, 3.05) is 20.3 Å². The van der Waals surface area contributed by atoms with Gasteiger partial charge in [0.1, 0.15) is 5.82 Å². The predicted molar refractivity (Wildman–Crippen MR) is 92.5 cm³/mol. The monoisotopic (exact) mass is 343 g/mol. The predicted octanol–water partition coefficient (Wildman–Crippen LogP) is 3.34. The maximum absolute atomic E-state index is 13.3. The van der Waals surface area contributed by atoms with Gasteiger partial charge in [0, 0.05) is 20.3 Å². The zero-order chi connectivity index (χ0) is 17.7. The van der Waals surface area contributed by atoms with Crippen LogP contribution in [0.15, 0.2) is 54.6 Å². The van der Waals surface area contributed by atoms with E-state index in [1.807, 2.05) is 30.3 Å². The molecule has 2 aromatic carbocycles. The molecule has 0 aromatic heterocycles. The van der Waals surface area contributed by atoms with Crippen molar-refractivity contribution in [1.29, 1.82) is 0 Å². The van der Waals surface area contributed by atoms with Gasteiger partial charge in [0.2, 0.25) is 0 Å². The molecule has 4 nitrogen and oxygen atoms in total. The first-order chi connectivity index (χ1) is 12.1. The molecule has 0 saturated carbocycles. The summed E-state index contributed by atoms with van der Waals surface area (Å²) in [5, 5.41) is 3.15. The summed E-state index contributed by atoms with van der Waals surface area (Å²) in [6.07, 6.45) is 0.576. The fourth-order valence-electron chi connectivity index (χ4n) is 3.30. The van der Waals surface area contributed by atoms with Gasteiger partial charge in [0.25, 0.3) is 5.91 Å². The number of benzene rings is 2. The van der Waals surface area contributed by atoms with Crippen molar-refractivity contribution < 1.29 is 18.7 Å². The number of rotatable bonds is 5. The Morgan fingerprint density at radius 2 is 1.76 bits per heavy atom. The number of halogens is 1. The van der Waals surface area contributed by atoms with E-state index in [2.05, 4.69) is 5.32 Å². The summed E-state index contributed by atoms with van der Waals surface area (Å²) in [6.45, 7) is 1.08. The Morgan fingerprint density at radius 3 is 2.36 bits per heavy atom. The van der Waals surface area contributed by atoms with Gasteiger partial charge in [-0.1, -0.05) is 42.5 Å². The van der Waals surface area contributed by atoms with Gasteiger partial charge in [-0.15, -0.1) is 0 Å². The largest absolute Gasteiger partial charge is 0.381 e. The Hall–Kier alpha value is -2.24. The molecule has 1 saturated heterocycles. The lowest BCUT2D eigenvalue weighted by Crippen LogP contribution is -2.51. The van der Waals surface area contributed by atoms with E-state index in [1.54, 1.807) is 12.1 Å². The molecule has 0 spiro atoms. The van der Waals surface area contributed by atoms with Gasteiger partial charge in [0.05, 0.1) is 5.54 Å². The van der Waals surface area contributed by atoms with E-state index in [0.29, 0.717) is 26.1 Å². The first-order valence-electron chi connectivity index (χ1n) is 8.38. The molecular formula is C20H22FNO3. The zero-order valence-corrected chi connectivity index (χ0v) is 14.2. The first-order valence-corrected chi connectivity index (χ1v) is 8.38. The van der Waals surface area contributed by atoms with Crippen LogP contribution in [0.1, 0.15) is 30.1 Å². The van der Waals surface area contributed by atoms with Crippen LogP contribution in [0.2, 0.25) is 0 Å². The molecule has 1 aliphatic rings. The van der Waals surface area contributed by atoms with E-state index in [0.717, 1.165) is 11.1 Å². The number of hydrogen-bond donors (Lipinski definition) is 1. The number of carbonyl (C=O) groups is 1. The Bertz CT molecular complexity index is 697. The average Bonchev–Trinajstić information content (AvgIpc) is 2.64. The van der Waals surface area contributed by atoms with Crippen molar-refractivity contribution in [1.82, 2.24) is 5.32 Å². The quantitative estimate of drug-likeness (QED) is 0.906. The second kappa shape index (κ2) is 7.76. The van der Waals surface area contributed by atoms with Crippen LogP contribution in [0.5, 0.6) is 0 Å². The van der Waals surface area contributed by atoms with Crippen LogP contribution in [-0.4, -0.2) is 26.2 Å². The molecule has 0 radical (unpaired) electrons. The lowest BCUT2D eigenvalue weighted by Gasteiger charge is -2.39. The average molecular weight is 343 g/mol. The van der Waals surface area contributed by atoms with Crippen molar-refractivity contribution in [2.24, 2.45) is 0 Å². The number of carbonyl (C=O) groups excluding carboxylic acids is 1. The number of methoxy groups -OCH3 is 1. The second-order valence-electron chi connectivity index (χ2n) is 6.22. The number of ether oxygens (including phenoxy) is 2. The SMILES string of the molecule is COC(C(=O)NC1(c2ccc(F)cc2)CCOCC1)c1ccccc1. The minimum Gasteiger partial charge on any atom is -0.381 e. The summed E-state index contributed by atoms with van der Waals surface area (Å²) in [6, 6.07) is 15.7. The van der Waals surface area contributed by atoms with Gasteiger partial charge in [-0.3, -0.25) is 4.79 Å². The number of amides is 1. The van der Waals surface area contributed by atoms with Crippen LogP contribution in [0, 0.1) is 5.82 Å². The molecule has 1 fully saturated rings. The highest BCUT2D eigenvalue weighted by molar-refractivity contribution is 5.83. The summed E-state index contributed by atoms with van der Waals surface area (Å²) in [5.41, 5.74) is 1.10. The Morgan fingerprint density at radius 1 is 1.12 bits per heavy atom. The van der Waals surface area contributed by atoms with E-state index < -0.39 is 11.6 Å². The smallest absolute Gasteiger partial charge is 0.254 e. The fourth-order valence-corrected chi connectivity index (χ4v) is 3.30. The molecule has 1 atom stereocenters. The van der Waals surface area contributed by atoms with Gasteiger partial charge < -0.3 is 14.8 Å². The van der Waals surface area contributed by atoms with Crippen LogP contribution in [0.4, 0.5) is 4.39 Å². The van der Waals surface area contributed by atoms with Gasteiger partial charge in [-0.05, 0) is 36.1 Å². The first kappa shape index (κ1) is 17.6. The third kappa shape index (κ3) is 3.89. The molecule has 25 heavy (non-hydrogen) atoms. The Kier molecular flexibility index (Phi) is 5.46. The van der Waals surface area contributed by atoms with Crippen molar-refractivity contribution in [2.45, 2.75) is 24.5 Å². The lowest BCUT2D eigenvalue weighted by molar-refractivity contribution is -0.135. The molecule has 132 valence electrons. The highest BCUT2D eigenvalue weighted by Gasteiger charge is 2.38. The third-order valence-corrected chi connectivity index (χ3v) is 4.68. The number of hydrogen-bond acceptors (Lipinski definition) is 3. The van der Waals surface area contributed by atoms with Gasteiger partial charge in [-0.25, -0.2) is 4.39 Å². The second-order valence-corrected chi connectivity index (χ2v) is 6.22. The molecular weight excluding hydrogens is 321 g/mol. The molecule has 2 aromatic rings. The topological polar surface area (TPSA) is 47.6 Å². The maximum Gasteiger partial charge on any atom is 0.254 e. The van der Waals surface area contributed by atoms with E-state index >= 15 is 0 Å². The van der Waals surface area contributed by atoms with Crippen molar-refractivity contribution >= 4 is 5.91 Å². The minimum atomic E-state index is -0.693. The molecule has 1 N–H and O–H groups in total. The van der Waals surface area contributed by atoms with E-state index in [1.165, 1.54) is 19.2 Å². The third-order valence-electron chi connectivity index (χ3n) is 4.68. The molecule has 1 heterocycles. The van der Waals surface area contributed by atoms with E-state index in [9.17, 15) is 9.18 Å². The summed E-state index contributed by atoms with van der Waals surface area (Å²) in [5.74, 6) is -0.503. The van der Waals surface area contributed by atoms with Crippen LogP contribution in [0.25, 0.3) is 0 Å². The highest BCUT2D eigenvalue weighted by atomic mass is 19.1. The minimum absolute atomic E-state index is 0.208. The zero-order valence-electron chi connectivity index (χ0n) is 14.2. The van der Waals surface area contributed by atoms with Gasteiger partial charge >= 0.3 is 0 Å². The number of nitrogens with one attached hydrogen (secondary N) is 1. The van der Waals surface area contributed by atoms with Crippen molar-refractivity contribution in [3.8, 4) is 0 Å². The Balaban J connectivity index is 1.87. The normalized spacial score (nSPS) is 17.7. The van der Waals surface area contributed by atoms with Gasteiger partial charge in [-0.2, -0.15) is 0 Å². The van der Waals surface area contributed by atoms with Crippen LogP contribution in [0.3, 0.4) is 0 Å². The van der Waals surface area contributed by atoms with Crippen LogP contribution < -0.4 is 5.32 Å². The standard InChI is InChI=1S/C20H22FNO3/c1-24-18(15-5-3-2-4-6-15)19(23)22-20(11-13-25-14-12-20)16-7-9-17(21)10-8-16/h2-10,18H,11-14H2,1H3,(H,22,23). The highest BCUT2D eigenvalue weighted by Crippen LogP contribution is 2.33. The van der Waals surface area contributed by atoms with Crippen molar-refractivity contribution in [3.63, 3.8) is 0 Å². The lowest BCUT2D eigenvalue weighted by atomic mass is 9.82. The van der Waals surface area contributed by atoms with Gasteiger partial charge in [0.15, 0.2) is 6.10 Å². The Labute approximate surface area is 147 Å². The molecule has 3 rings (SSSR count). The molecule has 1 aliphatic heterocycles. The molecule has 5 heteroatoms.